The molecule has 0 bridgehead atoms. The van der Waals surface area contributed by atoms with Crippen LogP contribution in [0.1, 0.15) is 24.0 Å². The Labute approximate surface area is 171 Å². The second-order valence-electron chi connectivity index (χ2n) is 7.76. The van der Waals surface area contributed by atoms with Gasteiger partial charge in [0.25, 0.3) is 0 Å². The van der Waals surface area contributed by atoms with Crippen molar-refractivity contribution in [3.63, 3.8) is 0 Å². The van der Waals surface area contributed by atoms with Crippen molar-refractivity contribution in [2.75, 3.05) is 20.2 Å². The molecular formula is C24H27N3O2. The highest BCUT2D eigenvalue weighted by molar-refractivity contribution is 5.88. The number of aromatic nitrogens is 1. The van der Waals surface area contributed by atoms with Gasteiger partial charge in [-0.3, -0.25) is 9.82 Å². The molecule has 0 atom stereocenters. The molecule has 1 aliphatic heterocycles. The maximum Gasteiger partial charge on any atom is 0.341 e. The molecule has 1 aromatic heterocycles. The first-order valence-corrected chi connectivity index (χ1v) is 10.2. The van der Waals surface area contributed by atoms with Crippen molar-refractivity contribution in [2.24, 2.45) is 5.92 Å². The van der Waals surface area contributed by atoms with Crippen LogP contribution < -0.4 is 5.48 Å². The molecule has 4 rings (SSSR count). The Kier molecular flexibility index (Phi) is 5.76. The summed E-state index contributed by atoms with van der Waals surface area (Å²) in [5.74, 6) is 0.610. The highest BCUT2D eigenvalue weighted by atomic mass is 16.6. The van der Waals surface area contributed by atoms with Gasteiger partial charge in [-0.25, -0.2) is 10.3 Å². The van der Waals surface area contributed by atoms with E-state index in [-0.39, 0.29) is 6.03 Å². The van der Waals surface area contributed by atoms with Gasteiger partial charge in [-0.1, -0.05) is 42.5 Å². The smallest absolute Gasteiger partial charge is 0.323 e. The molecular weight excluding hydrogens is 362 g/mol. The lowest BCUT2D eigenvalue weighted by Gasteiger charge is -2.31. The van der Waals surface area contributed by atoms with Crippen molar-refractivity contribution >= 4 is 16.9 Å². The van der Waals surface area contributed by atoms with Crippen molar-refractivity contribution in [3.8, 4) is 11.1 Å². The number of rotatable bonds is 4. The molecule has 1 N–H and O–H groups in total. The number of carbonyl (C=O) groups excluding carboxylic acids is 1. The number of fused-ring (bicyclic) bond motifs is 1. The van der Waals surface area contributed by atoms with Crippen LogP contribution in [0.15, 0.2) is 54.7 Å². The van der Waals surface area contributed by atoms with E-state index in [9.17, 15) is 4.79 Å². The number of amides is 2. The lowest BCUT2D eigenvalue weighted by molar-refractivity contribution is 0.0791. The highest BCUT2D eigenvalue weighted by Crippen LogP contribution is 2.29. The van der Waals surface area contributed by atoms with Gasteiger partial charge in [0.1, 0.15) is 0 Å². The van der Waals surface area contributed by atoms with Crippen molar-refractivity contribution in [2.45, 2.75) is 26.2 Å². The number of nitrogens with zero attached hydrogens (tertiary/aromatic N) is 2. The summed E-state index contributed by atoms with van der Waals surface area (Å²) < 4.78 is 0. The number of hydrogen-bond acceptors (Lipinski definition) is 3. The summed E-state index contributed by atoms with van der Waals surface area (Å²) in [6, 6.07) is 17.2. The number of aryl methyl sites for hydroxylation is 1. The number of piperidine rings is 1. The summed E-state index contributed by atoms with van der Waals surface area (Å²) in [5.41, 5.74) is 8.50. The zero-order valence-electron chi connectivity index (χ0n) is 17.0. The molecule has 1 aliphatic rings. The minimum absolute atomic E-state index is 0.143. The molecule has 2 aromatic carbocycles. The zero-order chi connectivity index (χ0) is 20.2. The zero-order valence-corrected chi connectivity index (χ0v) is 17.0. The predicted molar refractivity (Wildman–Crippen MR) is 115 cm³/mol. The van der Waals surface area contributed by atoms with E-state index in [1.165, 1.54) is 34.7 Å². The van der Waals surface area contributed by atoms with Crippen LogP contribution in [0, 0.1) is 12.8 Å². The molecule has 5 heteroatoms. The van der Waals surface area contributed by atoms with Gasteiger partial charge in [-0.15, -0.1) is 0 Å². The molecule has 1 saturated heterocycles. The Bertz CT molecular complexity index is 993. The third-order valence-electron chi connectivity index (χ3n) is 5.91. The van der Waals surface area contributed by atoms with Gasteiger partial charge >= 0.3 is 6.03 Å². The molecule has 5 nitrogen and oxygen atoms in total. The van der Waals surface area contributed by atoms with Crippen molar-refractivity contribution in [1.82, 2.24) is 15.4 Å². The Morgan fingerprint density at radius 2 is 1.90 bits per heavy atom. The highest BCUT2D eigenvalue weighted by Gasteiger charge is 2.22. The average Bonchev–Trinajstić information content (AvgIpc) is 2.76. The van der Waals surface area contributed by atoms with Crippen LogP contribution in [-0.2, 0) is 11.3 Å². The second kappa shape index (κ2) is 8.62. The van der Waals surface area contributed by atoms with Gasteiger partial charge in [0.2, 0.25) is 0 Å². The molecule has 2 heterocycles. The van der Waals surface area contributed by atoms with E-state index >= 15 is 0 Å². The molecule has 0 spiro atoms. The van der Waals surface area contributed by atoms with E-state index < -0.39 is 0 Å². The van der Waals surface area contributed by atoms with Gasteiger partial charge in [-0.2, -0.15) is 0 Å². The van der Waals surface area contributed by atoms with E-state index in [1.54, 1.807) is 0 Å². The normalized spacial score (nSPS) is 14.9. The van der Waals surface area contributed by atoms with Crippen LogP contribution in [-0.4, -0.2) is 36.1 Å². The third kappa shape index (κ3) is 4.25. The third-order valence-corrected chi connectivity index (χ3v) is 5.91. The number of likely N-dealkylation sites (tertiary alicyclic amines) is 1. The quantitative estimate of drug-likeness (QED) is 0.656. The Balaban J connectivity index is 1.42. The van der Waals surface area contributed by atoms with Crippen LogP contribution >= 0.6 is 0 Å². The number of hydroxylamine groups is 1. The predicted octanol–water partition coefficient (Wildman–Crippen LogP) is 4.74. The molecule has 1 fully saturated rings. The number of carbonyl (C=O) groups is 1. The first-order valence-electron chi connectivity index (χ1n) is 10.2. The van der Waals surface area contributed by atoms with E-state index in [4.69, 9.17) is 4.84 Å². The summed E-state index contributed by atoms with van der Waals surface area (Å²) in [6.07, 6.45) is 4.95. The van der Waals surface area contributed by atoms with Crippen LogP contribution in [0.5, 0.6) is 0 Å². The summed E-state index contributed by atoms with van der Waals surface area (Å²) in [4.78, 5) is 22.9. The Hall–Kier alpha value is -2.92. The van der Waals surface area contributed by atoms with E-state index in [1.807, 2.05) is 17.2 Å². The summed E-state index contributed by atoms with van der Waals surface area (Å²) in [5, 5.41) is 1.18. The van der Waals surface area contributed by atoms with Gasteiger partial charge in [0, 0.05) is 24.7 Å². The molecule has 29 heavy (non-hydrogen) atoms. The van der Waals surface area contributed by atoms with Gasteiger partial charge < -0.3 is 4.90 Å². The van der Waals surface area contributed by atoms with Gasteiger partial charge in [0.05, 0.1) is 12.6 Å². The average molecular weight is 389 g/mol. The lowest BCUT2D eigenvalue weighted by atomic mass is 9.89. The largest absolute Gasteiger partial charge is 0.341 e. The maximum atomic E-state index is 11.8. The number of nitrogens with one attached hydrogen (secondary N) is 1. The fourth-order valence-corrected chi connectivity index (χ4v) is 4.25. The minimum Gasteiger partial charge on any atom is -0.323 e. The summed E-state index contributed by atoms with van der Waals surface area (Å²) in [6.45, 7) is 3.70. The first-order chi connectivity index (χ1) is 14.2. The van der Waals surface area contributed by atoms with Crippen LogP contribution in [0.2, 0.25) is 0 Å². The van der Waals surface area contributed by atoms with Crippen molar-refractivity contribution in [1.29, 1.82) is 0 Å². The Morgan fingerprint density at radius 3 is 2.62 bits per heavy atom. The van der Waals surface area contributed by atoms with Crippen LogP contribution in [0.25, 0.3) is 22.0 Å². The van der Waals surface area contributed by atoms with Crippen LogP contribution in [0.4, 0.5) is 4.79 Å². The second-order valence-corrected chi connectivity index (χ2v) is 7.76. The van der Waals surface area contributed by atoms with Gasteiger partial charge in [-0.05, 0) is 60.4 Å². The number of pyridine rings is 1. The van der Waals surface area contributed by atoms with Crippen LogP contribution in [0.3, 0.4) is 0 Å². The lowest BCUT2D eigenvalue weighted by Crippen LogP contribution is -2.44. The fraction of sp³-hybridized carbons (Fsp3) is 0.333. The van der Waals surface area contributed by atoms with E-state index in [2.05, 4.69) is 59.9 Å². The summed E-state index contributed by atoms with van der Waals surface area (Å²) in [7, 11) is 1.46. The molecule has 0 unspecified atom stereocenters. The number of urea groups is 1. The molecule has 150 valence electrons. The summed E-state index contributed by atoms with van der Waals surface area (Å²) >= 11 is 0. The van der Waals surface area contributed by atoms with E-state index in [0.717, 1.165) is 37.9 Å². The SMILES string of the molecule is CONC(=O)N1CCC(Cc2ccc(-c3ccc4cccnc4c3C)cc2)CC1. The monoisotopic (exact) mass is 389 g/mol. The number of benzene rings is 2. The van der Waals surface area contributed by atoms with Crippen molar-refractivity contribution < 1.29 is 9.63 Å². The Morgan fingerprint density at radius 1 is 1.14 bits per heavy atom. The molecule has 2 amide bonds. The molecule has 0 radical (unpaired) electrons. The first kappa shape index (κ1) is 19.4. The van der Waals surface area contributed by atoms with E-state index in [0.29, 0.717) is 5.92 Å². The minimum atomic E-state index is -0.143. The standard InChI is InChI=1S/C24H27N3O2/c1-17-22(10-9-21-4-3-13-25-23(17)21)20-7-5-18(6-8-20)16-19-11-14-27(15-12-19)24(28)26-29-2/h3-10,13,19H,11-12,14-16H2,1-2H3,(H,26,28). The van der Waals surface area contributed by atoms with Gasteiger partial charge in [0.15, 0.2) is 0 Å². The maximum absolute atomic E-state index is 11.8. The van der Waals surface area contributed by atoms with Crippen molar-refractivity contribution in [3.05, 3.63) is 65.9 Å². The molecule has 3 aromatic rings. The molecule has 0 aliphatic carbocycles. The topological polar surface area (TPSA) is 54.5 Å². The number of hydrogen-bond donors (Lipinski definition) is 1. The fourth-order valence-electron chi connectivity index (χ4n) is 4.25. The molecule has 0 saturated carbocycles.